The van der Waals surface area contributed by atoms with E-state index in [0.29, 0.717) is 24.3 Å². The fourth-order valence-electron chi connectivity index (χ4n) is 2.66. The van der Waals surface area contributed by atoms with E-state index in [1.165, 1.54) is 4.68 Å². The van der Waals surface area contributed by atoms with Crippen molar-refractivity contribution < 1.29 is 19.6 Å². The van der Waals surface area contributed by atoms with Crippen molar-refractivity contribution in [2.75, 3.05) is 6.54 Å². The van der Waals surface area contributed by atoms with Crippen LogP contribution < -0.4 is 5.59 Å². The van der Waals surface area contributed by atoms with Crippen LogP contribution in [0.4, 0.5) is 4.79 Å². The smallest absolute Gasteiger partial charge is 0.444 e. The Labute approximate surface area is 124 Å². The third kappa shape index (κ3) is 3.06. The number of aromatic nitrogens is 2. The van der Waals surface area contributed by atoms with E-state index >= 15 is 0 Å². The second-order valence-electron chi connectivity index (χ2n) is 6.35. The summed E-state index contributed by atoms with van der Waals surface area (Å²) in [6.45, 7) is 7.81. The number of ether oxygens (including phenoxy) is 1. The molecular weight excluding hydrogens is 273 g/mol. The minimum atomic E-state index is -1.56. The summed E-state index contributed by atoms with van der Waals surface area (Å²) in [6, 6.07) is -0.262. The molecule has 0 radical (unpaired) electrons. The van der Waals surface area contributed by atoms with Crippen LogP contribution in [0.3, 0.4) is 0 Å². The summed E-state index contributed by atoms with van der Waals surface area (Å²) in [5, 5.41) is 23.2. The molecule has 1 aromatic rings. The molecule has 1 atom stereocenters. The summed E-state index contributed by atoms with van der Waals surface area (Å²) < 4.78 is 6.86. The van der Waals surface area contributed by atoms with Crippen LogP contribution in [-0.4, -0.2) is 50.1 Å². The van der Waals surface area contributed by atoms with Crippen molar-refractivity contribution >= 4 is 18.8 Å². The molecule has 0 fully saturated rings. The van der Waals surface area contributed by atoms with Crippen molar-refractivity contribution in [3.8, 4) is 0 Å². The van der Waals surface area contributed by atoms with E-state index in [9.17, 15) is 14.8 Å². The van der Waals surface area contributed by atoms with Gasteiger partial charge in [0.2, 0.25) is 0 Å². The Hall–Kier alpha value is -1.54. The maximum absolute atomic E-state index is 12.2. The topological polar surface area (TPSA) is 87.8 Å². The highest BCUT2D eigenvalue weighted by Gasteiger charge is 2.36. The van der Waals surface area contributed by atoms with Crippen molar-refractivity contribution in [3.05, 3.63) is 11.3 Å². The van der Waals surface area contributed by atoms with Crippen LogP contribution in [0.15, 0.2) is 0 Å². The third-order valence-electron chi connectivity index (χ3n) is 3.56. The molecule has 2 N–H and O–H groups in total. The summed E-state index contributed by atoms with van der Waals surface area (Å²) >= 11 is 0. The molecule has 1 unspecified atom stereocenters. The van der Waals surface area contributed by atoms with Crippen LogP contribution in [0, 0.1) is 0 Å². The molecule has 2 rings (SSSR count). The fraction of sp³-hybridized carbons (Fsp3) is 0.692. The van der Waals surface area contributed by atoms with Gasteiger partial charge in [0.25, 0.3) is 0 Å². The lowest BCUT2D eigenvalue weighted by molar-refractivity contribution is 0.0156. The molecule has 0 aromatic carbocycles. The van der Waals surface area contributed by atoms with Crippen molar-refractivity contribution in [1.82, 2.24) is 14.7 Å². The molecule has 1 amide bonds. The Morgan fingerprint density at radius 1 is 1.43 bits per heavy atom. The van der Waals surface area contributed by atoms with Gasteiger partial charge in [-0.05, 0) is 39.7 Å². The Morgan fingerprint density at radius 2 is 2.05 bits per heavy atom. The molecule has 0 spiro atoms. The summed E-state index contributed by atoms with van der Waals surface area (Å²) in [4.78, 5) is 13.8. The maximum atomic E-state index is 12.2. The second-order valence-corrected chi connectivity index (χ2v) is 6.35. The monoisotopic (exact) mass is 295 g/mol. The lowest BCUT2D eigenvalue weighted by atomic mass is 9.80. The molecule has 1 aliphatic heterocycles. The number of aryl methyl sites for hydroxylation is 1. The van der Waals surface area contributed by atoms with E-state index in [-0.39, 0.29) is 12.1 Å². The number of carbonyl (C=O) groups is 1. The number of rotatable bonds is 1. The molecule has 0 saturated heterocycles. The number of carbonyl (C=O) groups excluding carboxylic acids is 1. The van der Waals surface area contributed by atoms with E-state index < -0.39 is 12.7 Å². The Morgan fingerprint density at radius 3 is 2.57 bits per heavy atom. The first-order valence-electron chi connectivity index (χ1n) is 7.03. The van der Waals surface area contributed by atoms with Crippen molar-refractivity contribution in [2.45, 2.75) is 45.8 Å². The first-order chi connectivity index (χ1) is 9.61. The van der Waals surface area contributed by atoms with Crippen LogP contribution >= 0.6 is 0 Å². The van der Waals surface area contributed by atoms with Crippen molar-refractivity contribution in [3.63, 3.8) is 0 Å². The fourth-order valence-corrected chi connectivity index (χ4v) is 2.66. The number of nitrogens with zero attached hydrogens (tertiary/aromatic N) is 3. The van der Waals surface area contributed by atoms with Crippen molar-refractivity contribution in [2.24, 2.45) is 7.05 Å². The Kier molecular flexibility index (Phi) is 4.03. The summed E-state index contributed by atoms with van der Waals surface area (Å²) in [7, 11) is 0.101. The first-order valence-corrected chi connectivity index (χ1v) is 7.03. The lowest BCUT2D eigenvalue weighted by Crippen LogP contribution is -2.44. The van der Waals surface area contributed by atoms with Gasteiger partial charge >= 0.3 is 13.2 Å². The van der Waals surface area contributed by atoms with E-state index in [1.54, 1.807) is 11.9 Å². The molecule has 0 aliphatic carbocycles. The number of amides is 1. The van der Waals surface area contributed by atoms with E-state index in [0.717, 1.165) is 5.56 Å². The number of hydrogen-bond acceptors (Lipinski definition) is 5. The van der Waals surface area contributed by atoms with Gasteiger partial charge in [-0.2, -0.15) is 5.10 Å². The zero-order valence-electron chi connectivity index (χ0n) is 13.1. The molecule has 0 saturated carbocycles. The van der Waals surface area contributed by atoms with Gasteiger partial charge in [-0.1, -0.05) is 0 Å². The van der Waals surface area contributed by atoms with E-state index in [1.807, 2.05) is 27.7 Å². The normalized spacial score (nSPS) is 18.4. The van der Waals surface area contributed by atoms with Crippen LogP contribution in [0.5, 0.6) is 0 Å². The van der Waals surface area contributed by atoms with Gasteiger partial charge in [-0.3, -0.25) is 9.58 Å². The SMILES string of the molecule is CC1c2nn(C)c(B(O)O)c2CCN1C(=O)OC(C)(C)C. The van der Waals surface area contributed by atoms with Crippen LogP contribution in [0.1, 0.15) is 45.0 Å². The van der Waals surface area contributed by atoms with Gasteiger partial charge in [0, 0.05) is 13.6 Å². The predicted octanol–water partition coefficient (Wildman–Crippen LogP) is -0.0459. The lowest BCUT2D eigenvalue weighted by Gasteiger charge is -2.34. The van der Waals surface area contributed by atoms with Gasteiger partial charge in [-0.15, -0.1) is 0 Å². The van der Waals surface area contributed by atoms with Crippen LogP contribution in [0.25, 0.3) is 0 Å². The maximum Gasteiger partial charge on any atom is 0.508 e. The minimum absolute atomic E-state index is 0.262. The molecule has 0 bridgehead atoms. The van der Waals surface area contributed by atoms with Gasteiger partial charge in [-0.25, -0.2) is 4.79 Å². The molecular formula is C13H22BN3O4. The van der Waals surface area contributed by atoms with Gasteiger partial charge in [0.1, 0.15) is 5.60 Å². The standard InChI is InChI=1S/C13H22BN3O4/c1-8-10-9(11(14(19)20)16(5)15-10)6-7-17(8)12(18)21-13(2,3)4/h8,19-20H,6-7H2,1-5H3. The molecule has 2 heterocycles. The van der Waals surface area contributed by atoms with Gasteiger partial charge in [0.15, 0.2) is 0 Å². The number of hydrogen-bond donors (Lipinski definition) is 2. The molecule has 8 heteroatoms. The second kappa shape index (κ2) is 5.34. The zero-order chi connectivity index (χ0) is 15.9. The zero-order valence-corrected chi connectivity index (χ0v) is 13.1. The van der Waals surface area contributed by atoms with E-state index in [2.05, 4.69) is 5.10 Å². The summed E-state index contributed by atoms with van der Waals surface area (Å²) in [6.07, 6.45) is 0.150. The molecule has 21 heavy (non-hydrogen) atoms. The quantitative estimate of drug-likeness (QED) is 0.710. The average Bonchev–Trinajstić information content (AvgIpc) is 2.64. The molecule has 7 nitrogen and oxygen atoms in total. The van der Waals surface area contributed by atoms with Crippen molar-refractivity contribution in [1.29, 1.82) is 0 Å². The van der Waals surface area contributed by atoms with E-state index in [4.69, 9.17) is 4.74 Å². The van der Waals surface area contributed by atoms with Gasteiger partial charge in [0.05, 0.1) is 17.3 Å². The molecule has 116 valence electrons. The highest BCUT2D eigenvalue weighted by molar-refractivity contribution is 6.58. The average molecular weight is 295 g/mol. The Balaban J connectivity index is 2.27. The predicted molar refractivity (Wildman–Crippen MR) is 78.1 cm³/mol. The molecule has 1 aliphatic rings. The highest BCUT2D eigenvalue weighted by atomic mass is 16.6. The minimum Gasteiger partial charge on any atom is -0.444 e. The molecule has 1 aromatic heterocycles. The van der Waals surface area contributed by atoms with Crippen LogP contribution in [0.2, 0.25) is 0 Å². The largest absolute Gasteiger partial charge is 0.508 e. The Bertz CT molecular complexity index is 550. The number of fused-ring (bicyclic) bond motifs is 1. The van der Waals surface area contributed by atoms with Crippen LogP contribution in [-0.2, 0) is 18.2 Å². The summed E-state index contributed by atoms with van der Waals surface area (Å²) in [5.41, 5.74) is 1.34. The highest BCUT2D eigenvalue weighted by Crippen LogP contribution is 2.28. The first kappa shape index (κ1) is 15.8. The van der Waals surface area contributed by atoms with Gasteiger partial charge < -0.3 is 14.8 Å². The third-order valence-corrected chi connectivity index (χ3v) is 3.56. The summed E-state index contributed by atoms with van der Waals surface area (Å²) in [5.74, 6) is 0.